The van der Waals surface area contributed by atoms with Crippen molar-refractivity contribution in [2.75, 3.05) is 26.0 Å². The Hall–Kier alpha value is -3.61. The third kappa shape index (κ3) is 4.37. The maximum atomic E-state index is 12.8. The fourth-order valence-corrected chi connectivity index (χ4v) is 2.67. The Labute approximate surface area is 163 Å². The monoisotopic (exact) mass is 378 g/mol. The lowest BCUT2D eigenvalue weighted by atomic mass is 10.2. The first-order chi connectivity index (χ1) is 13.5. The fraction of sp³-hybridized carbons (Fsp3) is 0.190. The van der Waals surface area contributed by atoms with Gasteiger partial charge in [0.1, 0.15) is 0 Å². The summed E-state index contributed by atoms with van der Waals surface area (Å²) in [6.07, 6.45) is 1.64. The van der Waals surface area contributed by atoms with Crippen LogP contribution in [0.3, 0.4) is 0 Å². The number of hydrogen-bond donors (Lipinski definition) is 1. The van der Waals surface area contributed by atoms with E-state index in [-0.39, 0.29) is 18.1 Å². The summed E-state index contributed by atoms with van der Waals surface area (Å²) >= 11 is 0. The van der Waals surface area contributed by atoms with E-state index >= 15 is 0 Å². The number of nitrogens with zero attached hydrogens (tertiary/aromatic N) is 3. The highest BCUT2D eigenvalue weighted by molar-refractivity contribution is 5.99. The van der Waals surface area contributed by atoms with Crippen molar-refractivity contribution in [3.63, 3.8) is 0 Å². The molecule has 0 spiro atoms. The van der Waals surface area contributed by atoms with Crippen molar-refractivity contribution in [2.24, 2.45) is 0 Å². The Bertz CT molecular complexity index is 965. The molecule has 3 aromatic rings. The molecular formula is C21H22N4O3. The summed E-state index contributed by atoms with van der Waals surface area (Å²) in [5.74, 6) is -0.341. The summed E-state index contributed by atoms with van der Waals surface area (Å²) in [5, 5.41) is 7.12. The lowest BCUT2D eigenvalue weighted by molar-refractivity contribution is -0.116. The molecule has 1 heterocycles. The quantitative estimate of drug-likeness (QED) is 0.716. The second-order valence-corrected chi connectivity index (χ2v) is 6.40. The number of para-hydroxylation sites is 1. The molecule has 1 N–H and O–H groups in total. The average molecular weight is 378 g/mol. The van der Waals surface area contributed by atoms with Gasteiger partial charge in [-0.15, -0.1) is 0 Å². The maximum absolute atomic E-state index is 12.8. The van der Waals surface area contributed by atoms with E-state index in [2.05, 4.69) is 10.4 Å². The average Bonchev–Trinajstić information content (AvgIpc) is 3.14. The van der Waals surface area contributed by atoms with E-state index in [1.807, 2.05) is 61.5 Å². The van der Waals surface area contributed by atoms with Crippen LogP contribution >= 0.6 is 0 Å². The molecular weight excluding hydrogens is 356 g/mol. The third-order valence-electron chi connectivity index (χ3n) is 4.19. The molecule has 0 aliphatic carbocycles. The fourth-order valence-electron chi connectivity index (χ4n) is 2.67. The Morgan fingerprint density at radius 1 is 1.11 bits per heavy atom. The van der Waals surface area contributed by atoms with Gasteiger partial charge in [-0.3, -0.25) is 9.59 Å². The molecule has 0 unspecified atom stereocenters. The lowest BCUT2D eigenvalue weighted by Crippen LogP contribution is -2.35. The molecule has 28 heavy (non-hydrogen) atoms. The van der Waals surface area contributed by atoms with Gasteiger partial charge in [-0.25, -0.2) is 4.68 Å². The molecule has 7 heteroatoms. The molecule has 0 aliphatic rings. The Kier molecular flexibility index (Phi) is 5.74. The van der Waals surface area contributed by atoms with Crippen LogP contribution in [0.1, 0.15) is 16.1 Å². The van der Waals surface area contributed by atoms with E-state index in [9.17, 15) is 9.59 Å². The van der Waals surface area contributed by atoms with Gasteiger partial charge in [-0.1, -0.05) is 35.9 Å². The van der Waals surface area contributed by atoms with Crippen molar-refractivity contribution in [2.45, 2.75) is 6.92 Å². The largest absolute Gasteiger partial charge is 0.493 e. The molecule has 1 aromatic heterocycles. The van der Waals surface area contributed by atoms with E-state index in [1.54, 1.807) is 17.9 Å². The van der Waals surface area contributed by atoms with Gasteiger partial charge in [-0.05, 0) is 31.2 Å². The number of carbonyl (C=O) groups excluding carboxylic acids is 2. The molecule has 0 bridgehead atoms. The maximum Gasteiger partial charge on any atom is 0.278 e. The van der Waals surface area contributed by atoms with Gasteiger partial charge in [0, 0.05) is 12.7 Å². The van der Waals surface area contributed by atoms with Crippen LogP contribution < -0.4 is 10.1 Å². The van der Waals surface area contributed by atoms with Crippen molar-refractivity contribution in [3.8, 4) is 11.4 Å². The van der Waals surface area contributed by atoms with Crippen molar-refractivity contribution < 1.29 is 14.3 Å². The van der Waals surface area contributed by atoms with E-state index < -0.39 is 5.91 Å². The predicted molar refractivity (Wildman–Crippen MR) is 107 cm³/mol. The van der Waals surface area contributed by atoms with Crippen LogP contribution in [0.2, 0.25) is 0 Å². The second kappa shape index (κ2) is 8.39. The SMILES string of the molecule is COc1cn(-c2ccccc2)nc1C(=O)N(C)CC(=O)Nc1ccc(C)cc1. The zero-order chi connectivity index (χ0) is 20.1. The van der Waals surface area contributed by atoms with E-state index in [0.29, 0.717) is 11.4 Å². The molecule has 0 fully saturated rings. The summed E-state index contributed by atoms with van der Waals surface area (Å²) < 4.78 is 6.87. The predicted octanol–water partition coefficient (Wildman–Crippen LogP) is 2.90. The Morgan fingerprint density at radius 2 is 1.79 bits per heavy atom. The molecule has 0 atom stereocenters. The van der Waals surface area contributed by atoms with Crippen molar-refractivity contribution >= 4 is 17.5 Å². The number of carbonyl (C=O) groups is 2. The Balaban J connectivity index is 1.71. The van der Waals surface area contributed by atoms with Crippen LogP contribution in [-0.4, -0.2) is 47.2 Å². The van der Waals surface area contributed by atoms with Crippen LogP contribution in [0.25, 0.3) is 5.69 Å². The second-order valence-electron chi connectivity index (χ2n) is 6.40. The lowest BCUT2D eigenvalue weighted by Gasteiger charge is -2.16. The number of nitrogens with one attached hydrogen (secondary N) is 1. The van der Waals surface area contributed by atoms with Gasteiger partial charge >= 0.3 is 0 Å². The zero-order valence-corrected chi connectivity index (χ0v) is 16.0. The van der Waals surface area contributed by atoms with Crippen molar-refractivity contribution in [3.05, 3.63) is 72.1 Å². The van der Waals surface area contributed by atoms with Gasteiger partial charge in [0.15, 0.2) is 11.4 Å². The summed E-state index contributed by atoms with van der Waals surface area (Å²) in [6.45, 7) is 1.87. The third-order valence-corrected chi connectivity index (χ3v) is 4.19. The summed E-state index contributed by atoms with van der Waals surface area (Å²) in [7, 11) is 3.03. The zero-order valence-electron chi connectivity index (χ0n) is 16.0. The first-order valence-electron chi connectivity index (χ1n) is 8.79. The van der Waals surface area contributed by atoms with Gasteiger partial charge in [0.2, 0.25) is 5.91 Å². The summed E-state index contributed by atoms with van der Waals surface area (Å²) in [5.41, 5.74) is 2.74. The van der Waals surface area contributed by atoms with Crippen molar-refractivity contribution in [1.29, 1.82) is 0 Å². The van der Waals surface area contributed by atoms with Crippen LogP contribution in [0, 0.1) is 6.92 Å². The van der Waals surface area contributed by atoms with Gasteiger partial charge in [0.25, 0.3) is 5.91 Å². The molecule has 144 valence electrons. The van der Waals surface area contributed by atoms with Gasteiger partial charge < -0.3 is 15.0 Å². The minimum Gasteiger partial charge on any atom is -0.493 e. The smallest absolute Gasteiger partial charge is 0.278 e. The number of ether oxygens (including phenoxy) is 1. The molecule has 0 saturated carbocycles. The number of rotatable bonds is 6. The standard InChI is InChI=1S/C21H22N4O3/c1-15-9-11-16(12-10-15)22-19(26)14-24(2)21(27)20-18(28-3)13-25(23-20)17-7-5-4-6-8-17/h4-13H,14H2,1-3H3,(H,22,26). The number of aromatic nitrogens is 2. The number of amides is 2. The highest BCUT2D eigenvalue weighted by Crippen LogP contribution is 2.20. The molecule has 3 rings (SSSR count). The molecule has 0 aliphatic heterocycles. The summed E-state index contributed by atoms with van der Waals surface area (Å²) in [4.78, 5) is 26.4. The Morgan fingerprint density at radius 3 is 2.43 bits per heavy atom. The number of hydrogen-bond acceptors (Lipinski definition) is 4. The van der Waals surface area contributed by atoms with Crippen molar-refractivity contribution in [1.82, 2.24) is 14.7 Å². The highest BCUT2D eigenvalue weighted by Gasteiger charge is 2.23. The van der Waals surface area contributed by atoms with E-state index in [0.717, 1.165) is 11.3 Å². The summed E-state index contributed by atoms with van der Waals surface area (Å²) in [6, 6.07) is 16.9. The minimum atomic E-state index is -0.398. The van der Waals surface area contributed by atoms with Gasteiger partial charge in [-0.2, -0.15) is 5.10 Å². The first-order valence-corrected chi connectivity index (χ1v) is 8.79. The van der Waals surface area contributed by atoms with E-state index in [1.165, 1.54) is 12.0 Å². The number of likely N-dealkylation sites (N-methyl/N-ethyl adjacent to an activating group) is 1. The minimum absolute atomic E-state index is 0.103. The molecule has 0 saturated heterocycles. The number of aryl methyl sites for hydroxylation is 1. The van der Waals surface area contributed by atoms with Crippen LogP contribution in [0.5, 0.6) is 5.75 Å². The number of methoxy groups -OCH3 is 1. The van der Waals surface area contributed by atoms with Crippen LogP contribution in [-0.2, 0) is 4.79 Å². The topological polar surface area (TPSA) is 76.5 Å². The van der Waals surface area contributed by atoms with Crippen LogP contribution in [0.15, 0.2) is 60.8 Å². The number of benzene rings is 2. The van der Waals surface area contributed by atoms with Crippen LogP contribution in [0.4, 0.5) is 5.69 Å². The molecule has 7 nitrogen and oxygen atoms in total. The highest BCUT2D eigenvalue weighted by atomic mass is 16.5. The number of anilines is 1. The molecule has 2 amide bonds. The first kappa shape index (κ1) is 19.2. The molecule has 0 radical (unpaired) electrons. The normalized spacial score (nSPS) is 10.4. The van der Waals surface area contributed by atoms with Gasteiger partial charge in [0.05, 0.1) is 25.5 Å². The molecule has 2 aromatic carbocycles. The van der Waals surface area contributed by atoms with E-state index in [4.69, 9.17) is 4.74 Å².